The molecule has 0 aliphatic heterocycles. The zero-order chi connectivity index (χ0) is 28.5. The minimum absolute atomic E-state index is 0.0436. The van der Waals surface area contributed by atoms with Crippen LogP contribution in [0.1, 0.15) is 33.7 Å². The van der Waals surface area contributed by atoms with Crippen LogP contribution in [0.4, 0.5) is 17.2 Å². The van der Waals surface area contributed by atoms with E-state index < -0.39 is 11.1 Å². The van der Waals surface area contributed by atoms with Gasteiger partial charge in [-0.15, -0.1) is 0 Å². The minimum Gasteiger partial charge on any atom is -0.494 e. The fraction of sp³-hybridized carbons (Fsp3) is 0.320. The van der Waals surface area contributed by atoms with E-state index in [-0.39, 0.29) is 34.8 Å². The van der Waals surface area contributed by atoms with E-state index in [1.165, 1.54) is 29.0 Å². The van der Waals surface area contributed by atoms with E-state index in [9.17, 15) is 14.4 Å². The second-order valence-electron chi connectivity index (χ2n) is 9.52. The molecule has 0 atom stereocenters. The van der Waals surface area contributed by atoms with Crippen molar-refractivity contribution >= 4 is 58.5 Å². The van der Waals surface area contributed by atoms with Crippen LogP contribution in [-0.2, 0) is 11.8 Å². The summed E-state index contributed by atoms with van der Waals surface area (Å²) in [5, 5.41) is 10.8. The molecule has 1 aliphatic rings. The van der Waals surface area contributed by atoms with Crippen molar-refractivity contribution in [3.8, 4) is 17.0 Å². The standard InChI is InChI=1S/C25H26B3N7O4/c1-34(2)24(38)19-10-18(33-35(19)3)14-6-5-7-16(21(14)39-4)30-17-11-20(31-22(36)13-8-9-13)29-12-15(17)23(37)32-25(26,27)28/h5-7,10-13H,8-9H2,1-4H3,(H,32,37)(H2,29,30,31,36). The van der Waals surface area contributed by atoms with Gasteiger partial charge < -0.3 is 25.6 Å². The minimum atomic E-state index is -1.97. The summed E-state index contributed by atoms with van der Waals surface area (Å²) in [6, 6.07) is 8.49. The second-order valence-corrected chi connectivity index (χ2v) is 9.52. The number of pyridine rings is 1. The Bertz CT molecular complexity index is 1430. The number of hydrogen-bond acceptors (Lipinski definition) is 7. The molecular formula is C25H26B3N7O4. The van der Waals surface area contributed by atoms with Gasteiger partial charge >= 0.3 is 0 Å². The van der Waals surface area contributed by atoms with Crippen LogP contribution in [0.3, 0.4) is 0 Å². The molecule has 0 bridgehead atoms. The monoisotopic (exact) mass is 521 g/mol. The summed E-state index contributed by atoms with van der Waals surface area (Å²) in [4.78, 5) is 43.5. The van der Waals surface area contributed by atoms with Gasteiger partial charge in [-0.3, -0.25) is 19.1 Å². The number of methoxy groups -OCH3 is 1. The van der Waals surface area contributed by atoms with Gasteiger partial charge in [-0.05, 0) is 31.0 Å². The molecule has 0 unspecified atom stereocenters. The molecule has 3 aromatic rings. The van der Waals surface area contributed by atoms with Crippen LogP contribution in [0.2, 0.25) is 0 Å². The Kier molecular flexibility index (Phi) is 7.75. The van der Waals surface area contributed by atoms with E-state index in [0.717, 1.165) is 12.8 Å². The zero-order valence-electron chi connectivity index (χ0n) is 22.1. The van der Waals surface area contributed by atoms with E-state index >= 15 is 0 Å². The number of carbonyl (C=O) groups is 3. The van der Waals surface area contributed by atoms with Gasteiger partial charge in [-0.1, -0.05) is 11.3 Å². The summed E-state index contributed by atoms with van der Waals surface area (Å²) in [7, 11) is 23.2. The number of benzene rings is 1. The lowest BCUT2D eigenvalue weighted by atomic mass is 9.49. The van der Waals surface area contributed by atoms with Gasteiger partial charge in [0.2, 0.25) is 5.91 Å². The molecule has 1 saturated carbocycles. The van der Waals surface area contributed by atoms with Crippen LogP contribution < -0.4 is 20.7 Å². The third-order valence-corrected chi connectivity index (χ3v) is 5.95. The molecule has 3 amide bonds. The van der Waals surface area contributed by atoms with Crippen molar-refractivity contribution in [1.29, 1.82) is 0 Å². The quantitative estimate of drug-likeness (QED) is 0.360. The first-order valence-corrected chi connectivity index (χ1v) is 12.1. The SMILES string of the molecule is [B]C([B])([B])NC(=O)c1cnc(NC(=O)C2CC2)cc1Nc1cccc(-c2cc(C(=O)N(C)C)n(C)n2)c1OC. The first-order valence-electron chi connectivity index (χ1n) is 12.1. The number of ether oxygens (including phenoxy) is 1. The van der Waals surface area contributed by atoms with Crippen LogP contribution in [0, 0.1) is 5.92 Å². The summed E-state index contributed by atoms with van der Waals surface area (Å²) in [5.41, 5.74) is 2.32. The first kappa shape index (κ1) is 27.8. The number of amides is 3. The smallest absolute Gasteiger partial charge is 0.271 e. The van der Waals surface area contributed by atoms with E-state index in [1.807, 2.05) is 0 Å². The van der Waals surface area contributed by atoms with E-state index in [0.29, 0.717) is 28.4 Å². The largest absolute Gasteiger partial charge is 0.494 e. The number of carbonyl (C=O) groups excluding carboxylic acids is 3. The maximum absolute atomic E-state index is 12.9. The Hall–Kier alpha value is -4.22. The molecule has 1 aromatic carbocycles. The third-order valence-electron chi connectivity index (χ3n) is 5.95. The average molecular weight is 521 g/mol. The lowest BCUT2D eigenvalue weighted by Crippen LogP contribution is -2.50. The van der Waals surface area contributed by atoms with E-state index in [4.69, 9.17) is 28.3 Å². The average Bonchev–Trinajstić information content (AvgIpc) is 3.64. The molecule has 1 fully saturated rings. The normalized spacial score (nSPS) is 12.9. The van der Waals surface area contributed by atoms with Crippen molar-refractivity contribution in [3.05, 3.63) is 47.8 Å². The molecule has 194 valence electrons. The highest BCUT2D eigenvalue weighted by atomic mass is 16.5. The molecule has 0 spiro atoms. The lowest BCUT2D eigenvalue weighted by Gasteiger charge is -2.23. The van der Waals surface area contributed by atoms with Gasteiger partial charge in [0.15, 0.2) is 5.75 Å². The van der Waals surface area contributed by atoms with Gasteiger partial charge in [-0.25, -0.2) is 4.98 Å². The Balaban J connectivity index is 1.74. The molecule has 6 radical (unpaired) electrons. The first-order chi connectivity index (χ1) is 18.4. The lowest BCUT2D eigenvalue weighted by molar-refractivity contribution is -0.117. The van der Waals surface area contributed by atoms with Crippen molar-refractivity contribution < 1.29 is 19.1 Å². The van der Waals surface area contributed by atoms with Crippen molar-refractivity contribution in [3.63, 3.8) is 0 Å². The number of hydrogen-bond donors (Lipinski definition) is 3. The Labute approximate surface area is 230 Å². The molecule has 1 aliphatic carbocycles. The van der Waals surface area contributed by atoms with Gasteiger partial charge in [0, 0.05) is 44.9 Å². The third kappa shape index (κ3) is 6.44. The van der Waals surface area contributed by atoms with Crippen molar-refractivity contribution in [1.82, 2.24) is 25.0 Å². The molecule has 2 aromatic heterocycles. The van der Waals surface area contributed by atoms with Crippen molar-refractivity contribution in [2.75, 3.05) is 31.8 Å². The van der Waals surface area contributed by atoms with E-state index in [1.54, 1.807) is 45.4 Å². The number of nitrogens with one attached hydrogen (secondary N) is 3. The van der Waals surface area contributed by atoms with Crippen LogP contribution in [-0.4, -0.2) is 87.4 Å². The maximum atomic E-state index is 12.9. The summed E-state index contributed by atoms with van der Waals surface area (Å²) in [5.74, 6) is -0.432. The number of nitrogens with zero attached hydrogens (tertiary/aromatic N) is 4. The summed E-state index contributed by atoms with van der Waals surface area (Å²) >= 11 is 0. The molecule has 2 heterocycles. The molecule has 11 nitrogen and oxygen atoms in total. The Morgan fingerprint density at radius 3 is 2.46 bits per heavy atom. The summed E-state index contributed by atoms with van der Waals surface area (Å²) in [6.07, 6.45) is 2.92. The topological polar surface area (TPSA) is 130 Å². The molecule has 14 heteroatoms. The van der Waals surface area contributed by atoms with Gasteiger partial charge in [0.1, 0.15) is 11.5 Å². The van der Waals surface area contributed by atoms with Crippen molar-refractivity contribution in [2.45, 2.75) is 18.1 Å². The van der Waals surface area contributed by atoms with Crippen LogP contribution in [0.15, 0.2) is 36.5 Å². The Morgan fingerprint density at radius 1 is 1.13 bits per heavy atom. The Morgan fingerprint density at radius 2 is 1.85 bits per heavy atom. The molecule has 39 heavy (non-hydrogen) atoms. The van der Waals surface area contributed by atoms with E-state index in [2.05, 4.69) is 26.0 Å². The number of rotatable bonds is 9. The molecule has 0 saturated heterocycles. The highest BCUT2D eigenvalue weighted by Crippen LogP contribution is 2.38. The highest BCUT2D eigenvalue weighted by molar-refractivity contribution is 6.60. The van der Waals surface area contributed by atoms with Gasteiger partial charge in [0.05, 0.1) is 53.3 Å². The summed E-state index contributed by atoms with van der Waals surface area (Å²) < 4.78 is 7.22. The van der Waals surface area contributed by atoms with Gasteiger partial charge in [-0.2, -0.15) is 5.10 Å². The maximum Gasteiger partial charge on any atom is 0.271 e. The molecular weight excluding hydrogens is 495 g/mol. The zero-order valence-corrected chi connectivity index (χ0v) is 22.1. The second kappa shape index (κ2) is 10.9. The van der Waals surface area contributed by atoms with Crippen LogP contribution >= 0.6 is 0 Å². The summed E-state index contributed by atoms with van der Waals surface area (Å²) in [6.45, 7) is 0. The predicted octanol–water partition coefficient (Wildman–Crippen LogP) is 1.13. The van der Waals surface area contributed by atoms with Gasteiger partial charge in [0.25, 0.3) is 11.8 Å². The highest BCUT2D eigenvalue weighted by Gasteiger charge is 2.30. The van der Waals surface area contributed by atoms with Crippen molar-refractivity contribution in [2.24, 2.45) is 13.0 Å². The number of aryl methyl sites for hydroxylation is 1. The molecule has 3 N–H and O–H groups in total. The predicted molar refractivity (Wildman–Crippen MR) is 150 cm³/mol. The van der Waals surface area contributed by atoms with Crippen LogP contribution in [0.5, 0.6) is 5.75 Å². The fourth-order valence-corrected chi connectivity index (χ4v) is 3.88. The fourth-order valence-electron chi connectivity index (χ4n) is 3.88. The number of anilines is 3. The molecule has 4 rings (SSSR count). The van der Waals surface area contributed by atoms with Crippen LogP contribution in [0.25, 0.3) is 11.3 Å². The number of aromatic nitrogens is 3. The number of para-hydroxylation sites is 1.